The molecule has 0 atom stereocenters. The van der Waals surface area contributed by atoms with Crippen LogP contribution in [-0.2, 0) is 0 Å². The molecule has 0 heterocycles. The third kappa shape index (κ3) is 4.43. The van der Waals surface area contributed by atoms with Crippen molar-refractivity contribution in [3.05, 3.63) is 0 Å². The van der Waals surface area contributed by atoms with Crippen molar-refractivity contribution in [2.45, 2.75) is 18.9 Å². The third-order valence-corrected chi connectivity index (χ3v) is 2.56. The number of rotatable bonds is 4. The molecule has 0 spiro atoms. The summed E-state index contributed by atoms with van der Waals surface area (Å²) in [7, 11) is 6.19. The monoisotopic (exact) mass is 201 g/mol. The summed E-state index contributed by atoms with van der Waals surface area (Å²) < 4.78 is 0. The first-order valence-corrected chi connectivity index (χ1v) is 5.17. The molecule has 76 valence electrons. The second kappa shape index (κ2) is 4.77. The molecule has 3 nitrogen and oxygen atoms in total. The van der Waals surface area contributed by atoms with Gasteiger partial charge in [0, 0.05) is 26.2 Å². The summed E-state index contributed by atoms with van der Waals surface area (Å²) in [4.78, 5) is 4.27. The molecule has 0 saturated heterocycles. The van der Waals surface area contributed by atoms with Crippen LogP contribution in [0.2, 0.25) is 0 Å². The second-order valence-electron chi connectivity index (χ2n) is 3.95. The topological polar surface area (TPSA) is 18.5 Å². The number of likely N-dealkylation sites (N-methyl/N-ethyl adjacent to an activating group) is 2. The molecule has 1 aliphatic carbocycles. The first kappa shape index (κ1) is 10.7. The Hall–Kier alpha value is -0.350. The molecule has 13 heavy (non-hydrogen) atoms. The summed E-state index contributed by atoms with van der Waals surface area (Å²) in [6, 6.07) is 0.661. The molecule has 0 bridgehead atoms. The quantitative estimate of drug-likeness (QED) is 0.668. The zero-order chi connectivity index (χ0) is 9.84. The largest absolute Gasteiger partial charge is 0.360 e. The Morgan fingerprint density at radius 1 is 1.31 bits per heavy atom. The van der Waals surface area contributed by atoms with Gasteiger partial charge in [0.1, 0.15) is 0 Å². The SMILES string of the molecule is CN(C)CCN(C)C(=S)NC1CC1. The van der Waals surface area contributed by atoms with E-state index in [2.05, 4.69) is 29.2 Å². The van der Waals surface area contributed by atoms with Gasteiger partial charge in [-0.15, -0.1) is 0 Å². The minimum Gasteiger partial charge on any atom is -0.360 e. The lowest BCUT2D eigenvalue weighted by atomic mass is 10.5. The third-order valence-electron chi connectivity index (χ3n) is 2.13. The standard InChI is InChI=1S/C9H19N3S/c1-11(2)6-7-12(3)9(13)10-8-4-5-8/h8H,4-7H2,1-3H3,(H,10,13). The highest BCUT2D eigenvalue weighted by atomic mass is 32.1. The Morgan fingerprint density at radius 2 is 1.92 bits per heavy atom. The number of hydrogen-bond acceptors (Lipinski definition) is 2. The molecule has 0 aromatic rings. The van der Waals surface area contributed by atoms with E-state index in [9.17, 15) is 0 Å². The van der Waals surface area contributed by atoms with E-state index in [4.69, 9.17) is 12.2 Å². The molecule has 1 saturated carbocycles. The minimum atomic E-state index is 0.661. The van der Waals surface area contributed by atoms with Crippen LogP contribution in [0.3, 0.4) is 0 Å². The molecule has 4 heteroatoms. The van der Waals surface area contributed by atoms with Gasteiger partial charge in [0.05, 0.1) is 0 Å². The van der Waals surface area contributed by atoms with Crippen molar-refractivity contribution in [3.8, 4) is 0 Å². The minimum absolute atomic E-state index is 0.661. The Balaban J connectivity index is 2.12. The van der Waals surface area contributed by atoms with Gasteiger partial charge in [-0.25, -0.2) is 0 Å². The van der Waals surface area contributed by atoms with Crippen LogP contribution in [0.4, 0.5) is 0 Å². The van der Waals surface area contributed by atoms with Gasteiger partial charge >= 0.3 is 0 Å². The molecule has 0 aromatic carbocycles. The summed E-state index contributed by atoms with van der Waals surface area (Å²) in [6.45, 7) is 2.04. The van der Waals surface area contributed by atoms with Gasteiger partial charge < -0.3 is 15.1 Å². The normalized spacial score (nSPS) is 16.0. The second-order valence-corrected chi connectivity index (χ2v) is 4.34. The van der Waals surface area contributed by atoms with Crippen molar-refractivity contribution >= 4 is 17.3 Å². The smallest absolute Gasteiger partial charge is 0.168 e. The van der Waals surface area contributed by atoms with E-state index in [1.807, 2.05) is 7.05 Å². The first-order chi connectivity index (χ1) is 6.09. The Morgan fingerprint density at radius 3 is 2.38 bits per heavy atom. The Bertz CT molecular complexity index is 178. The van der Waals surface area contributed by atoms with Crippen molar-refractivity contribution in [3.63, 3.8) is 0 Å². The highest BCUT2D eigenvalue weighted by molar-refractivity contribution is 7.80. The number of thiocarbonyl (C=S) groups is 1. The van der Waals surface area contributed by atoms with Crippen molar-refractivity contribution in [1.29, 1.82) is 0 Å². The maximum atomic E-state index is 5.24. The van der Waals surface area contributed by atoms with Crippen LogP contribution in [0.5, 0.6) is 0 Å². The van der Waals surface area contributed by atoms with Crippen LogP contribution in [0.25, 0.3) is 0 Å². The van der Waals surface area contributed by atoms with Crippen LogP contribution in [-0.4, -0.2) is 55.2 Å². The zero-order valence-corrected chi connectivity index (χ0v) is 9.52. The molecule has 1 rings (SSSR count). The van der Waals surface area contributed by atoms with Crippen molar-refractivity contribution < 1.29 is 0 Å². The summed E-state index contributed by atoms with van der Waals surface area (Å²) in [5.41, 5.74) is 0. The fourth-order valence-electron chi connectivity index (χ4n) is 0.964. The first-order valence-electron chi connectivity index (χ1n) is 4.76. The lowest BCUT2D eigenvalue weighted by Crippen LogP contribution is -2.41. The van der Waals surface area contributed by atoms with E-state index in [0.717, 1.165) is 18.2 Å². The highest BCUT2D eigenvalue weighted by Gasteiger charge is 2.22. The molecular weight excluding hydrogens is 182 g/mol. The molecule has 0 radical (unpaired) electrons. The van der Waals surface area contributed by atoms with E-state index >= 15 is 0 Å². The summed E-state index contributed by atoms with van der Waals surface area (Å²) in [5, 5.41) is 4.21. The van der Waals surface area contributed by atoms with E-state index < -0.39 is 0 Å². The van der Waals surface area contributed by atoms with Crippen LogP contribution in [0, 0.1) is 0 Å². The molecule has 1 aliphatic rings. The van der Waals surface area contributed by atoms with Gasteiger partial charge in [-0.2, -0.15) is 0 Å². The van der Waals surface area contributed by atoms with E-state index in [1.165, 1.54) is 12.8 Å². The lowest BCUT2D eigenvalue weighted by Gasteiger charge is -2.22. The van der Waals surface area contributed by atoms with Crippen LogP contribution in [0.15, 0.2) is 0 Å². The predicted octanol–water partition coefficient (Wildman–Crippen LogP) is 0.517. The van der Waals surface area contributed by atoms with Gasteiger partial charge in [-0.1, -0.05) is 0 Å². The predicted molar refractivity (Wildman–Crippen MR) is 59.9 cm³/mol. The fourth-order valence-corrected chi connectivity index (χ4v) is 1.22. The van der Waals surface area contributed by atoms with Crippen molar-refractivity contribution in [2.75, 3.05) is 34.2 Å². The van der Waals surface area contributed by atoms with Crippen LogP contribution >= 0.6 is 12.2 Å². The fraction of sp³-hybridized carbons (Fsp3) is 0.889. The summed E-state index contributed by atoms with van der Waals surface area (Å²) >= 11 is 5.24. The number of hydrogen-bond donors (Lipinski definition) is 1. The maximum absolute atomic E-state index is 5.24. The van der Waals surface area contributed by atoms with Gasteiger partial charge in [0.25, 0.3) is 0 Å². The maximum Gasteiger partial charge on any atom is 0.168 e. The van der Waals surface area contributed by atoms with Crippen molar-refractivity contribution in [1.82, 2.24) is 15.1 Å². The zero-order valence-electron chi connectivity index (χ0n) is 8.71. The molecular formula is C9H19N3S. The van der Waals surface area contributed by atoms with E-state index in [1.54, 1.807) is 0 Å². The average molecular weight is 201 g/mol. The van der Waals surface area contributed by atoms with Crippen molar-refractivity contribution in [2.24, 2.45) is 0 Å². The summed E-state index contributed by atoms with van der Waals surface area (Å²) in [6.07, 6.45) is 2.56. The van der Waals surface area contributed by atoms with Crippen LogP contribution in [0.1, 0.15) is 12.8 Å². The lowest BCUT2D eigenvalue weighted by molar-refractivity contribution is 0.355. The molecule has 0 aromatic heterocycles. The summed E-state index contributed by atoms with van der Waals surface area (Å²) in [5.74, 6) is 0. The van der Waals surface area contributed by atoms with Gasteiger partial charge in [-0.3, -0.25) is 0 Å². The van der Waals surface area contributed by atoms with Gasteiger partial charge in [0.2, 0.25) is 0 Å². The number of nitrogens with zero attached hydrogens (tertiary/aromatic N) is 2. The average Bonchev–Trinajstić information content (AvgIpc) is 2.83. The Labute approximate surface area is 86.1 Å². The molecule has 1 fully saturated rings. The molecule has 1 N–H and O–H groups in total. The highest BCUT2D eigenvalue weighted by Crippen LogP contribution is 2.18. The van der Waals surface area contributed by atoms with Crippen LogP contribution < -0.4 is 5.32 Å². The van der Waals surface area contributed by atoms with Gasteiger partial charge in [0.15, 0.2) is 5.11 Å². The van der Waals surface area contributed by atoms with Gasteiger partial charge in [-0.05, 0) is 39.2 Å². The molecule has 0 aliphatic heterocycles. The molecule has 0 unspecified atom stereocenters. The number of nitrogens with one attached hydrogen (secondary N) is 1. The van der Waals surface area contributed by atoms with E-state index in [0.29, 0.717) is 6.04 Å². The molecule has 0 amide bonds. The van der Waals surface area contributed by atoms with E-state index in [-0.39, 0.29) is 0 Å². The Kier molecular flexibility index (Phi) is 3.93.